The van der Waals surface area contributed by atoms with Gasteiger partial charge >= 0.3 is 11.9 Å². The lowest BCUT2D eigenvalue weighted by atomic mass is 9.80. The summed E-state index contributed by atoms with van der Waals surface area (Å²) in [5, 5.41) is 11.2. The second-order valence-electron chi connectivity index (χ2n) is 9.18. The van der Waals surface area contributed by atoms with Gasteiger partial charge in [-0.1, -0.05) is 20.4 Å². The van der Waals surface area contributed by atoms with Gasteiger partial charge in [-0.25, -0.2) is 4.79 Å². The molecule has 0 spiro atoms. The van der Waals surface area contributed by atoms with Crippen LogP contribution in [-0.4, -0.2) is 52.8 Å². The highest BCUT2D eigenvalue weighted by atomic mass is 16.7. The third-order valence-electron chi connectivity index (χ3n) is 6.02. The number of esters is 2. The van der Waals surface area contributed by atoms with Crippen molar-refractivity contribution in [3.8, 4) is 0 Å². The van der Waals surface area contributed by atoms with Crippen LogP contribution in [0.4, 0.5) is 0 Å². The molecule has 7 nitrogen and oxygen atoms in total. The minimum Gasteiger partial charge on any atom is -0.461 e. The number of hydrogen-bond acceptors (Lipinski definition) is 7. The van der Waals surface area contributed by atoms with Crippen molar-refractivity contribution < 1.29 is 33.6 Å². The summed E-state index contributed by atoms with van der Waals surface area (Å²) in [6.45, 7) is 14.8. The summed E-state index contributed by atoms with van der Waals surface area (Å²) in [7, 11) is 0. The zero-order valence-corrected chi connectivity index (χ0v) is 18.1. The average molecular weight is 408 g/mol. The molecule has 3 heterocycles. The van der Waals surface area contributed by atoms with Gasteiger partial charge in [0.05, 0.1) is 29.6 Å². The first kappa shape index (κ1) is 22.0. The first-order valence-corrected chi connectivity index (χ1v) is 10.2. The van der Waals surface area contributed by atoms with E-state index >= 15 is 0 Å². The molecule has 3 rings (SSSR count). The molecule has 2 fully saturated rings. The molecule has 0 aliphatic carbocycles. The molecule has 0 aromatic rings. The van der Waals surface area contributed by atoms with E-state index in [2.05, 4.69) is 6.58 Å². The predicted octanol–water partition coefficient (Wildman–Crippen LogP) is 2.66. The Labute approximate surface area is 172 Å². The second kappa shape index (κ2) is 7.52. The number of carbonyl (C=O) groups is 2. The van der Waals surface area contributed by atoms with Crippen molar-refractivity contribution >= 4 is 11.9 Å². The summed E-state index contributed by atoms with van der Waals surface area (Å²) in [6, 6.07) is 0. The summed E-state index contributed by atoms with van der Waals surface area (Å²) >= 11 is 0. The molecule has 6 atom stereocenters. The standard InChI is InChI=1S/C22H32O7/c1-11(2)19(23)28-16-9-21(7)17(26-12(3)4)10-22(25,29-21)13(5)8-15-18(16)14(6)20(24)27-15/h8,11-12,15-18,25H,6,9-10H2,1-5,7H3/b13-8+/t15-,16?,17?,18+,21-,22-/m1/s1. The van der Waals surface area contributed by atoms with Gasteiger partial charge in [0.1, 0.15) is 12.2 Å². The summed E-state index contributed by atoms with van der Waals surface area (Å²) < 4.78 is 23.6. The van der Waals surface area contributed by atoms with Gasteiger partial charge in [0, 0.05) is 18.4 Å². The quantitative estimate of drug-likeness (QED) is 0.434. The van der Waals surface area contributed by atoms with Gasteiger partial charge in [0.2, 0.25) is 0 Å². The van der Waals surface area contributed by atoms with E-state index in [-0.39, 0.29) is 36.4 Å². The van der Waals surface area contributed by atoms with Crippen LogP contribution in [0.1, 0.15) is 54.4 Å². The third-order valence-corrected chi connectivity index (χ3v) is 6.02. The average Bonchev–Trinajstić information content (AvgIpc) is 3.00. The number of aliphatic hydroxyl groups is 1. The van der Waals surface area contributed by atoms with Crippen LogP contribution in [0.15, 0.2) is 23.8 Å². The zero-order chi connectivity index (χ0) is 21.7. The molecule has 0 saturated carbocycles. The molecule has 0 amide bonds. The van der Waals surface area contributed by atoms with Crippen LogP contribution in [0.5, 0.6) is 0 Å². The monoisotopic (exact) mass is 408 g/mol. The van der Waals surface area contributed by atoms with Crippen LogP contribution >= 0.6 is 0 Å². The molecular formula is C22H32O7. The Morgan fingerprint density at radius 1 is 1.31 bits per heavy atom. The molecule has 3 aliphatic rings. The Kier molecular flexibility index (Phi) is 5.71. The first-order valence-electron chi connectivity index (χ1n) is 10.2. The fraction of sp³-hybridized carbons (Fsp3) is 0.727. The van der Waals surface area contributed by atoms with Crippen LogP contribution in [0.25, 0.3) is 0 Å². The van der Waals surface area contributed by atoms with E-state index in [1.54, 1.807) is 26.8 Å². The van der Waals surface area contributed by atoms with Gasteiger partial charge in [-0.3, -0.25) is 4.79 Å². The Balaban J connectivity index is 2.07. The fourth-order valence-corrected chi connectivity index (χ4v) is 4.38. The van der Waals surface area contributed by atoms with Crippen molar-refractivity contribution in [1.29, 1.82) is 0 Å². The van der Waals surface area contributed by atoms with E-state index in [9.17, 15) is 14.7 Å². The van der Waals surface area contributed by atoms with Crippen LogP contribution in [0.3, 0.4) is 0 Å². The summed E-state index contributed by atoms with van der Waals surface area (Å²) in [4.78, 5) is 24.7. The van der Waals surface area contributed by atoms with Gasteiger partial charge in [0.25, 0.3) is 0 Å². The molecule has 0 aromatic carbocycles. The van der Waals surface area contributed by atoms with E-state index in [0.717, 1.165) is 0 Å². The van der Waals surface area contributed by atoms with Crippen molar-refractivity contribution in [2.45, 2.75) is 90.2 Å². The SMILES string of the molecule is C=C1C(=O)O[C@@H]2/C=C(\C)[C@@]3(O)CC(OC(C)C)[C@@](C)(CC(OC(=O)C(C)C)[C@@H]12)O3. The molecule has 2 saturated heterocycles. The normalized spacial score (nSPS) is 41.3. The number of hydrogen-bond donors (Lipinski definition) is 1. The molecule has 1 N–H and O–H groups in total. The van der Waals surface area contributed by atoms with Crippen LogP contribution in [0, 0.1) is 11.8 Å². The number of rotatable bonds is 4. The van der Waals surface area contributed by atoms with Gasteiger partial charge in [-0.15, -0.1) is 0 Å². The van der Waals surface area contributed by atoms with Crippen LogP contribution in [0.2, 0.25) is 0 Å². The van der Waals surface area contributed by atoms with Gasteiger partial charge in [-0.05, 0) is 39.3 Å². The first-order chi connectivity index (χ1) is 13.4. The minimum atomic E-state index is -1.55. The van der Waals surface area contributed by atoms with E-state index in [1.165, 1.54) is 0 Å². The Morgan fingerprint density at radius 3 is 2.55 bits per heavy atom. The largest absolute Gasteiger partial charge is 0.461 e. The van der Waals surface area contributed by atoms with E-state index < -0.39 is 41.6 Å². The van der Waals surface area contributed by atoms with Gasteiger partial charge in [-0.2, -0.15) is 0 Å². The Hall–Kier alpha value is -1.70. The van der Waals surface area contributed by atoms with E-state index in [1.807, 2.05) is 20.8 Å². The van der Waals surface area contributed by atoms with Gasteiger partial charge in [0.15, 0.2) is 5.79 Å². The van der Waals surface area contributed by atoms with Crippen LogP contribution in [-0.2, 0) is 28.5 Å². The van der Waals surface area contributed by atoms with Crippen molar-refractivity contribution in [3.63, 3.8) is 0 Å². The third kappa shape index (κ3) is 4.00. The number of fused-ring (bicyclic) bond motifs is 3. The van der Waals surface area contributed by atoms with E-state index in [0.29, 0.717) is 5.57 Å². The lowest BCUT2D eigenvalue weighted by molar-refractivity contribution is -0.213. The molecule has 0 radical (unpaired) electrons. The van der Waals surface area contributed by atoms with Gasteiger partial charge < -0.3 is 24.1 Å². The fourth-order valence-electron chi connectivity index (χ4n) is 4.38. The van der Waals surface area contributed by atoms with Crippen molar-refractivity contribution in [1.82, 2.24) is 0 Å². The maximum Gasteiger partial charge on any atom is 0.334 e. The molecule has 2 bridgehead atoms. The summed E-state index contributed by atoms with van der Waals surface area (Å²) in [5.74, 6) is -3.33. The maximum atomic E-state index is 12.5. The summed E-state index contributed by atoms with van der Waals surface area (Å²) in [5.41, 5.74) is -0.140. The number of ether oxygens (including phenoxy) is 4. The van der Waals surface area contributed by atoms with Crippen molar-refractivity contribution in [2.24, 2.45) is 11.8 Å². The lowest BCUT2D eigenvalue weighted by Crippen LogP contribution is -2.46. The highest BCUT2D eigenvalue weighted by molar-refractivity contribution is 5.91. The highest BCUT2D eigenvalue weighted by Gasteiger charge is 2.59. The number of carbonyl (C=O) groups excluding carboxylic acids is 2. The van der Waals surface area contributed by atoms with Crippen LogP contribution < -0.4 is 0 Å². The topological polar surface area (TPSA) is 91.3 Å². The molecule has 162 valence electrons. The molecule has 3 aliphatic heterocycles. The van der Waals surface area contributed by atoms with Crippen molar-refractivity contribution in [3.05, 3.63) is 23.8 Å². The molecule has 29 heavy (non-hydrogen) atoms. The van der Waals surface area contributed by atoms with Crippen molar-refractivity contribution in [2.75, 3.05) is 0 Å². The molecular weight excluding hydrogens is 376 g/mol. The van der Waals surface area contributed by atoms with E-state index in [4.69, 9.17) is 18.9 Å². The smallest absolute Gasteiger partial charge is 0.334 e. The molecule has 2 unspecified atom stereocenters. The Bertz CT molecular complexity index is 739. The minimum absolute atomic E-state index is 0.0757. The molecule has 0 aromatic heterocycles. The second-order valence-corrected chi connectivity index (χ2v) is 9.18. The maximum absolute atomic E-state index is 12.5. The predicted molar refractivity (Wildman–Crippen MR) is 105 cm³/mol. The lowest BCUT2D eigenvalue weighted by Gasteiger charge is -2.36. The Morgan fingerprint density at radius 2 is 1.97 bits per heavy atom. The molecule has 7 heteroatoms. The highest BCUT2D eigenvalue weighted by Crippen LogP contribution is 2.49. The zero-order valence-electron chi connectivity index (χ0n) is 18.1. The summed E-state index contributed by atoms with van der Waals surface area (Å²) in [6.07, 6.45) is 0.277.